The molecule has 2 amide bonds. The van der Waals surface area contributed by atoms with E-state index in [1.807, 2.05) is 50.2 Å². The van der Waals surface area contributed by atoms with Gasteiger partial charge in [-0.25, -0.2) is 8.42 Å². The van der Waals surface area contributed by atoms with Crippen molar-refractivity contribution in [3.8, 4) is 0 Å². The van der Waals surface area contributed by atoms with Crippen LogP contribution in [0.25, 0.3) is 0 Å². The summed E-state index contributed by atoms with van der Waals surface area (Å²) in [5.41, 5.74) is 3.42. The molecule has 2 aromatic rings. The minimum Gasteiger partial charge on any atom is -0.357 e. The molecule has 168 valence electrons. The largest absolute Gasteiger partial charge is 0.357 e. The zero-order valence-electron chi connectivity index (χ0n) is 18.8. The molecule has 0 aromatic heterocycles. The van der Waals surface area contributed by atoms with Crippen LogP contribution in [0, 0.1) is 6.92 Å². The van der Waals surface area contributed by atoms with E-state index in [1.54, 1.807) is 19.1 Å². The second kappa shape index (κ2) is 10.4. The summed E-state index contributed by atoms with van der Waals surface area (Å²) in [4.78, 5) is 27.0. The fourth-order valence-corrected chi connectivity index (χ4v) is 4.04. The van der Waals surface area contributed by atoms with E-state index in [0.29, 0.717) is 5.69 Å². The van der Waals surface area contributed by atoms with Gasteiger partial charge >= 0.3 is 0 Å². The first-order valence-corrected chi connectivity index (χ1v) is 12.0. The molecule has 0 aliphatic carbocycles. The van der Waals surface area contributed by atoms with Crippen molar-refractivity contribution in [2.24, 2.45) is 0 Å². The molecule has 0 unspecified atom stereocenters. The molecule has 1 atom stereocenters. The van der Waals surface area contributed by atoms with Crippen molar-refractivity contribution in [3.05, 3.63) is 65.2 Å². The van der Waals surface area contributed by atoms with Crippen LogP contribution in [0.5, 0.6) is 0 Å². The fraction of sp³-hybridized carbons (Fsp3) is 0.391. The Morgan fingerprint density at radius 1 is 1.00 bits per heavy atom. The van der Waals surface area contributed by atoms with Crippen LogP contribution < -0.4 is 9.62 Å². The van der Waals surface area contributed by atoms with Crippen LogP contribution in [0.3, 0.4) is 0 Å². The van der Waals surface area contributed by atoms with Crippen molar-refractivity contribution >= 4 is 27.5 Å². The Morgan fingerprint density at radius 3 is 2.03 bits per heavy atom. The lowest BCUT2D eigenvalue weighted by Gasteiger charge is -2.31. The Labute approximate surface area is 185 Å². The van der Waals surface area contributed by atoms with E-state index in [2.05, 4.69) is 5.32 Å². The molecule has 2 rings (SSSR count). The predicted octanol–water partition coefficient (Wildman–Crippen LogP) is 2.49. The lowest BCUT2D eigenvalue weighted by molar-refractivity contribution is -0.139. The first-order valence-electron chi connectivity index (χ1n) is 10.2. The highest BCUT2D eigenvalue weighted by atomic mass is 32.2. The van der Waals surface area contributed by atoms with Crippen LogP contribution in [0.1, 0.15) is 30.5 Å². The van der Waals surface area contributed by atoms with Crippen molar-refractivity contribution < 1.29 is 18.0 Å². The number of nitrogens with one attached hydrogen (secondary N) is 1. The highest BCUT2D eigenvalue weighted by Gasteiger charge is 2.29. The number of carbonyl (C=O) groups is 2. The molecule has 2 aromatic carbocycles. The van der Waals surface area contributed by atoms with Crippen molar-refractivity contribution in [2.75, 3.05) is 24.2 Å². The number of sulfonamides is 1. The third kappa shape index (κ3) is 6.55. The van der Waals surface area contributed by atoms with Crippen molar-refractivity contribution in [1.29, 1.82) is 0 Å². The Bertz CT molecular complexity index is 1000. The van der Waals surface area contributed by atoms with E-state index in [-0.39, 0.29) is 12.5 Å². The molecule has 0 bridgehead atoms. The van der Waals surface area contributed by atoms with Crippen LogP contribution in [-0.2, 0) is 32.6 Å². The van der Waals surface area contributed by atoms with E-state index in [0.717, 1.165) is 33.7 Å². The van der Waals surface area contributed by atoms with Gasteiger partial charge in [-0.2, -0.15) is 0 Å². The third-order valence-electron chi connectivity index (χ3n) is 5.20. The van der Waals surface area contributed by atoms with Gasteiger partial charge in [0.1, 0.15) is 12.6 Å². The average Bonchev–Trinajstić information content (AvgIpc) is 2.75. The highest BCUT2D eigenvalue weighted by Crippen LogP contribution is 2.20. The summed E-state index contributed by atoms with van der Waals surface area (Å²) in [6, 6.07) is 14.0. The Balaban J connectivity index is 2.35. The SMILES string of the molecule is CCc1ccc(N(CC(=O)N(Cc2ccc(C)cc2)[C@H](C)C(=O)NC)S(C)(=O)=O)cc1. The van der Waals surface area contributed by atoms with E-state index >= 15 is 0 Å². The summed E-state index contributed by atoms with van der Waals surface area (Å²) < 4.78 is 26.0. The van der Waals surface area contributed by atoms with Gasteiger partial charge in [-0.15, -0.1) is 0 Å². The van der Waals surface area contributed by atoms with Gasteiger partial charge in [0.05, 0.1) is 11.9 Å². The first-order chi connectivity index (χ1) is 14.6. The second-order valence-electron chi connectivity index (χ2n) is 7.59. The molecule has 0 spiro atoms. The van der Waals surface area contributed by atoms with Crippen LogP contribution in [-0.4, -0.2) is 51.0 Å². The molecule has 0 saturated heterocycles. The van der Waals surface area contributed by atoms with E-state index < -0.39 is 28.5 Å². The molecule has 0 fully saturated rings. The summed E-state index contributed by atoms with van der Waals surface area (Å²) in [6.07, 6.45) is 1.90. The van der Waals surface area contributed by atoms with Crippen molar-refractivity contribution in [3.63, 3.8) is 0 Å². The zero-order chi connectivity index (χ0) is 23.2. The van der Waals surface area contributed by atoms with Gasteiger partial charge in [-0.05, 0) is 43.5 Å². The summed E-state index contributed by atoms with van der Waals surface area (Å²) in [7, 11) is -2.21. The summed E-state index contributed by atoms with van der Waals surface area (Å²) >= 11 is 0. The van der Waals surface area contributed by atoms with Crippen molar-refractivity contribution in [2.45, 2.75) is 39.8 Å². The number of amides is 2. The minimum atomic E-state index is -3.71. The molecule has 0 aliphatic heterocycles. The quantitative estimate of drug-likeness (QED) is 0.642. The monoisotopic (exact) mass is 445 g/mol. The van der Waals surface area contributed by atoms with Gasteiger partial charge in [0.25, 0.3) is 0 Å². The molecule has 1 N–H and O–H groups in total. The predicted molar refractivity (Wildman–Crippen MR) is 123 cm³/mol. The van der Waals surface area contributed by atoms with Gasteiger partial charge in [0, 0.05) is 13.6 Å². The van der Waals surface area contributed by atoms with Crippen LogP contribution in [0.2, 0.25) is 0 Å². The van der Waals surface area contributed by atoms with Crippen LogP contribution in [0.4, 0.5) is 5.69 Å². The Kier molecular flexibility index (Phi) is 8.21. The molecule has 0 radical (unpaired) electrons. The number of benzene rings is 2. The lowest BCUT2D eigenvalue weighted by Crippen LogP contribution is -2.50. The van der Waals surface area contributed by atoms with Gasteiger partial charge in [0.15, 0.2) is 0 Å². The first kappa shape index (κ1) is 24.4. The summed E-state index contributed by atoms with van der Waals surface area (Å²) in [5, 5.41) is 2.56. The summed E-state index contributed by atoms with van der Waals surface area (Å²) in [6.45, 7) is 5.41. The minimum absolute atomic E-state index is 0.195. The average molecular weight is 446 g/mol. The standard InChI is InChI=1S/C23H31N3O4S/c1-6-19-11-13-21(14-12-19)26(31(5,29)30)16-22(27)25(18(3)23(28)24-4)15-20-9-7-17(2)8-10-20/h7-14,18H,6,15-16H2,1-5H3,(H,24,28)/t18-/m1/s1. The Morgan fingerprint density at radius 2 is 1.55 bits per heavy atom. The maximum Gasteiger partial charge on any atom is 0.244 e. The van der Waals surface area contributed by atoms with E-state index in [1.165, 1.54) is 11.9 Å². The van der Waals surface area contributed by atoms with Gasteiger partial charge in [-0.3, -0.25) is 13.9 Å². The van der Waals surface area contributed by atoms with Gasteiger partial charge < -0.3 is 10.2 Å². The highest BCUT2D eigenvalue weighted by molar-refractivity contribution is 7.92. The second-order valence-corrected chi connectivity index (χ2v) is 9.49. The maximum absolute atomic E-state index is 13.3. The van der Waals surface area contributed by atoms with E-state index in [4.69, 9.17) is 0 Å². The van der Waals surface area contributed by atoms with Gasteiger partial charge in [-0.1, -0.05) is 48.9 Å². The summed E-state index contributed by atoms with van der Waals surface area (Å²) in [5.74, 6) is -0.777. The Hall–Kier alpha value is -2.87. The number of hydrogen-bond acceptors (Lipinski definition) is 4. The number of hydrogen-bond donors (Lipinski definition) is 1. The third-order valence-corrected chi connectivity index (χ3v) is 6.34. The molecule has 31 heavy (non-hydrogen) atoms. The lowest BCUT2D eigenvalue weighted by atomic mass is 10.1. The number of rotatable bonds is 9. The van der Waals surface area contributed by atoms with Crippen molar-refractivity contribution in [1.82, 2.24) is 10.2 Å². The topological polar surface area (TPSA) is 86.8 Å². The fourth-order valence-electron chi connectivity index (χ4n) is 3.19. The molecule has 0 saturated carbocycles. The van der Waals surface area contributed by atoms with Crippen LogP contribution >= 0.6 is 0 Å². The molecule has 0 aliphatic rings. The number of anilines is 1. The zero-order valence-corrected chi connectivity index (χ0v) is 19.6. The molecule has 0 heterocycles. The number of aryl methyl sites for hydroxylation is 2. The molecular formula is C23H31N3O4S. The van der Waals surface area contributed by atoms with E-state index in [9.17, 15) is 18.0 Å². The smallest absolute Gasteiger partial charge is 0.244 e. The number of carbonyl (C=O) groups excluding carboxylic acids is 2. The molecule has 8 heteroatoms. The molecule has 7 nitrogen and oxygen atoms in total. The number of nitrogens with zero attached hydrogens (tertiary/aromatic N) is 2. The number of likely N-dealkylation sites (N-methyl/N-ethyl adjacent to an activating group) is 1. The normalized spacial score (nSPS) is 12.2. The maximum atomic E-state index is 13.3. The molecular weight excluding hydrogens is 414 g/mol. The van der Waals surface area contributed by atoms with Crippen LogP contribution in [0.15, 0.2) is 48.5 Å². The van der Waals surface area contributed by atoms with Gasteiger partial charge in [0.2, 0.25) is 21.8 Å².